The number of nitrogens with zero attached hydrogens (tertiary/aromatic N) is 2. The van der Waals surface area contributed by atoms with Crippen molar-refractivity contribution in [1.82, 2.24) is 9.80 Å². The van der Waals surface area contributed by atoms with E-state index >= 15 is 0 Å². The third-order valence-corrected chi connectivity index (χ3v) is 4.64. The van der Waals surface area contributed by atoms with Gasteiger partial charge in [-0.1, -0.05) is 23.8 Å². The van der Waals surface area contributed by atoms with E-state index in [1.807, 2.05) is 69.0 Å². The Morgan fingerprint density at radius 1 is 0.846 bits per heavy atom. The second kappa shape index (κ2) is 8.17. The van der Waals surface area contributed by atoms with Gasteiger partial charge in [0, 0.05) is 38.3 Å². The normalized spacial score (nSPS) is 10.5. The highest BCUT2D eigenvalue weighted by atomic mass is 16.2. The molecule has 2 aromatic carbocycles. The van der Waals surface area contributed by atoms with Gasteiger partial charge in [0.1, 0.15) is 0 Å². The maximum absolute atomic E-state index is 13.0. The molecule has 0 bridgehead atoms. The fraction of sp³-hybridized carbons (Fsp3) is 0.364. The Bertz CT molecular complexity index is 821. The molecule has 0 saturated heterocycles. The van der Waals surface area contributed by atoms with E-state index in [1.54, 1.807) is 19.0 Å². The molecule has 2 aromatic rings. The van der Waals surface area contributed by atoms with E-state index in [2.05, 4.69) is 0 Å². The van der Waals surface area contributed by atoms with Gasteiger partial charge in [-0.25, -0.2) is 0 Å². The first-order valence-corrected chi connectivity index (χ1v) is 9.02. The lowest BCUT2D eigenvalue weighted by molar-refractivity contribution is 0.0773. The van der Waals surface area contributed by atoms with Gasteiger partial charge in [0.2, 0.25) is 0 Å². The molecule has 0 saturated carbocycles. The summed E-state index contributed by atoms with van der Waals surface area (Å²) in [5.41, 5.74) is 5.24. The molecule has 138 valence electrons. The molecule has 0 unspecified atom stereocenters. The summed E-state index contributed by atoms with van der Waals surface area (Å²) < 4.78 is 0. The smallest absolute Gasteiger partial charge is 0.254 e. The van der Waals surface area contributed by atoms with Crippen molar-refractivity contribution in [2.24, 2.45) is 0 Å². The molecule has 26 heavy (non-hydrogen) atoms. The molecule has 0 radical (unpaired) electrons. The van der Waals surface area contributed by atoms with Gasteiger partial charge in [-0.15, -0.1) is 0 Å². The molecule has 4 heteroatoms. The van der Waals surface area contributed by atoms with Crippen molar-refractivity contribution in [3.63, 3.8) is 0 Å². The fourth-order valence-electron chi connectivity index (χ4n) is 3.05. The van der Waals surface area contributed by atoms with Gasteiger partial charge in [-0.2, -0.15) is 0 Å². The van der Waals surface area contributed by atoms with Gasteiger partial charge in [-0.3, -0.25) is 9.59 Å². The summed E-state index contributed by atoms with van der Waals surface area (Å²) in [6.45, 7) is 9.32. The van der Waals surface area contributed by atoms with Crippen LogP contribution in [0.1, 0.15) is 45.7 Å². The predicted molar refractivity (Wildman–Crippen MR) is 107 cm³/mol. The van der Waals surface area contributed by atoms with Crippen molar-refractivity contribution in [2.75, 3.05) is 27.2 Å². The van der Waals surface area contributed by atoms with Gasteiger partial charge in [0.05, 0.1) is 0 Å². The van der Waals surface area contributed by atoms with Crippen LogP contribution in [0.15, 0.2) is 36.4 Å². The molecule has 0 aromatic heterocycles. The van der Waals surface area contributed by atoms with E-state index in [-0.39, 0.29) is 11.8 Å². The standard InChI is InChI=1S/C22H28N2O2/c1-7-24(8-2)22(26)18-12-9-15(3)13-20(18)19-14-17(11-10-16(19)4)21(25)23(5)6/h9-14H,7-8H2,1-6H3. The monoisotopic (exact) mass is 352 g/mol. The van der Waals surface area contributed by atoms with E-state index < -0.39 is 0 Å². The average Bonchev–Trinajstić information content (AvgIpc) is 2.62. The van der Waals surface area contributed by atoms with E-state index in [1.165, 1.54) is 0 Å². The topological polar surface area (TPSA) is 40.6 Å². The predicted octanol–water partition coefficient (Wildman–Crippen LogP) is 4.15. The molecular weight excluding hydrogens is 324 g/mol. The third-order valence-electron chi connectivity index (χ3n) is 4.64. The van der Waals surface area contributed by atoms with Crippen LogP contribution in [0, 0.1) is 13.8 Å². The molecule has 2 rings (SSSR count). The van der Waals surface area contributed by atoms with Crippen LogP contribution < -0.4 is 0 Å². The molecule has 2 amide bonds. The Morgan fingerprint density at radius 2 is 1.50 bits per heavy atom. The summed E-state index contributed by atoms with van der Waals surface area (Å²) in [6, 6.07) is 11.6. The SMILES string of the molecule is CCN(CC)C(=O)c1ccc(C)cc1-c1cc(C(=O)N(C)C)ccc1C. The van der Waals surface area contributed by atoms with Crippen LogP contribution >= 0.6 is 0 Å². The summed E-state index contributed by atoms with van der Waals surface area (Å²) >= 11 is 0. The number of rotatable bonds is 5. The molecule has 0 heterocycles. The summed E-state index contributed by atoms with van der Waals surface area (Å²) in [5.74, 6) is -0.0238. The van der Waals surface area contributed by atoms with E-state index in [9.17, 15) is 9.59 Å². The lowest BCUT2D eigenvalue weighted by atomic mass is 9.92. The van der Waals surface area contributed by atoms with Crippen LogP contribution in [0.4, 0.5) is 0 Å². The summed E-state index contributed by atoms with van der Waals surface area (Å²) in [5, 5.41) is 0. The van der Waals surface area contributed by atoms with Gasteiger partial charge in [-0.05, 0) is 62.6 Å². The zero-order chi connectivity index (χ0) is 19.4. The molecule has 0 aliphatic carbocycles. The van der Waals surface area contributed by atoms with Crippen molar-refractivity contribution in [3.8, 4) is 11.1 Å². The van der Waals surface area contributed by atoms with Gasteiger partial charge in [0.25, 0.3) is 11.8 Å². The highest BCUT2D eigenvalue weighted by Crippen LogP contribution is 2.30. The largest absolute Gasteiger partial charge is 0.345 e. The number of carbonyl (C=O) groups excluding carboxylic acids is 2. The minimum Gasteiger partial charge on any atom is -0.345 e. The highest BCUT2D eigenvalue weighted by Gasteiger charge is 2.19. The number of aryl methyl sites for hydroxylation is 2. The number of hydrogen-bond donors (Lipinski definition) is 0. The molecule has 0 atom stereocenters. The van der Waals surface area contributed by atoms with E-state index in [0.29, 0.717) is 24.2 Å². The summed E-state index contributed by atoms with van der Waals surface area (Å²) in [6.07, 6.45) is 0. The highest BCUT2D eigenvalue weighted by molar-refractivity contribution is 6.02. The first-order chi connectivity index (χ1) is 12.3. The Balaban J connectivity index is 2.65. The van der Waals surface area contributed by atoms with Gasteiger partial charge in [0.15, 0.2) is 0 Å². The molecule has 0 fully saturated rings. The maximum Gasteiger partial charge on any atom is 0.254 e. The summed E-state index contributed by atoms with van der Waals surface area (Å²) in [7, 11) is 3.48. The van der Waals surface area contributed by atoms with Crippen molar-refractivity contribution in [1.29, 1.82) is 0 Å². The molecular formula is C22H28N2O2. The Kier molecular flexibility index (Phi) is 6.19. The van der Waals surface area contributed by atoms with Crippen molar-refractivity contribution in [3.05, 3.63) is 58.7 Å². The zero-order valence-electron chi connectivity index (χ0n) is 16.6. The minimum absolute atomic E-state index is 0.0220. The van der Waals surface area contributed by atoms with Gasteiger partial charge < -0.3 is 9.80 Å². The Hall–Kier alpha value is -2.62. The lowest BCUT2D eigenvalue weighted by Gasteiger charge is -2.22. The van der Waals surface area contributed by atoms with Crippen molar-refractivity contribution < 1.29 is 9.59 Å². The fourth-order valence-corrected chi connectivity index (χ4v) is 3.05. The maximum atomic E-state index is 13.0. The third kappa shape index (κ3) is 3.96. The van der Waals surface area contributed by atoms with E-state index in [0.717, 1.165) is 22.3 Å². The summed E-state index contributed by atoms with van der Waals surface area (Å²) in [4.78, 5) is 28.8. The Labute approximate surface area is 156 Å². The second-order valence-corrected chi connectivity index (χ2v) is 6.76. The number of benzene rings is 2. The van der Waals surface area contributed by atoms with E-state index in [4.69, 9.17) is 0 Å². The van der Waals surface area contributed by atoms with Crippen molar-refractivity contribution in [2.45, 2.75) is 27.7 Å². The average molecular weight is 352 g/mol. The Morgan fingerprint density at radius 3 is 2.08 bits per heavy atom. The zero-order valence-corrected chi connectivity index (χ0v) is 16.6. The van der Waals surface area contributed by atoms with Crippen LogP contribution in [0.2, 0.25) is 0 Å². The van der Waals surface area contributed by atoms with Gasteiger partial charge >= 0.3 is 0 Å². The molecule has 0 N–H and O–H groups in total. The number of amides is 2. The van der Waals surface area contributed by atoms with Crippen LogP contribution in [0.3, 0.4) is 0 Å². The van der Waals surface area contributed by atoms with Crippen LogP contribution in [-0.4, -0.2) is 48.8 Å². The second-order valence-electron chi connectivity index (χ2n) is 6.76. The quantitative estimate of drug-likeness (QED) is 0.811. The molecule has 0 spiro atoms. The van der Waals surface area contributed by atoms with Crippen LogP contribution in [-0.2, 0) is 0 Å². The number of hydrogen-bond acceptors (Lipinski definition) is 2. The first kappa shape index (κ1) is 19.7. The molecule has 0 aliphatic heterocycles. The molecule has 4 nitrogen and oxygen atoms in total. The minimum atomic E-state index is -0.0458. The first-order valence-electron chi connectivity index (χ1n) is 9.02. The molecule has 0 aliphatic rings. The van der Waals surface area contributed by atoms with Crippen molar-refractivity contribution >= 4 is 11.8 Å². The van der Waals surface area contributed by atoms with Crippen LogP contribution in [0.25, 0.3) is 11.1 Å². The van der Waals surface area contributed by atoms with Crippen LogP contribution in [0.5, 0.6) is 0 Å². The lowest BCUT2D eigenvalue weighted by Crippen LogP contribution is -2.30. The number of carbonyl (C=O) groups is 2.